The van der Waals surface area contributed by atoms with E-state index in [-0.39, 0.29) is 0 Å². The molecule has 0 aliphatic heterocycles. The molecule has 1 heteroatoms. The van der Waals surface area contributed by atoms with E-state index in [1.54, 1.807) is 0 Å². The molecule has 1 aromatic carbocycles. The number of benzene rings is 1. The molecule has 4 saturated carbocycles. The van der Waals surface area contributed by atoms with Gasteiger partial charge < -0.3 is 0 Å². The van der Waals surface area contributed by atoms with E-state index >= 15 is 0 Å². The zero-order chi connectivity index (χ0) is 12.6. The second kappa shape index (κ2) is 3.31. The number of carbonyl (C=O) groups excluding carboxylic acids is 1. The van der Waals surface area contributed by atoms with Crippen LogP contribution in [-0.2, 0) is 17.6 Å². The molecule has 4 fully saturated rings. The molecule has 4 bridgehead atoms. The predicted molar refractivity (Wildman–Crippen MR) is 73.7 cm³/mol. The molecule has 1 aromatic rings. The average molecular weight is 252 g/mol. The molecule has 1 nitrogen and oxygen atoms in total. The maximum absolute atomic E-state index is 12.7. The highest BCUT2D eigenvalue weighted by molar-refractivity contribution is 5.86. The lowest BCUT2D eigenvalue weighted by molar-refractivity contribution is -0.159. The molecule has 5 aliphatic carbocycles. The fourth-order valence-corrected chi connectivity index (χ4v) is 6.08. The van der Waals surface area contributed by atoms with Crippen molar-refractivity contribution < 1.29 is 4.79 Å². The van der Waals surface area contributed by atoms with Crippen molar-refractivity contribution >= 4 is 5.78 Å². The van der Waals surface area contributed by atoms with Crippen molar-refractivity contribution in [2.45, 2.75) is 38.5 Å². The van der Waals surface area contributed by atoms with E-state index < -0.39 is 0 Å². The topological polar surface area (TPSA) is 17.1 Å². The minimum Gasteiger partial charge on any atom is -0.299 e. The third kappa shape index (κ3) is 1.20. The van der Waals surface area contributed by atoms with E-state index in [0.29, 0.717) is 23.0 Å². The summed E-state index contributed by atoms with van der Waals surface area (Å²) in [5, 5.41) is 0. The lowest BCUT2D eigenvalue weighted by Crippen LogP contribution is -2.58. The Morgan fingerprint density at radius 3 is 2.42 bits per heavy atom. The molecule has 0 amide bonds. The maximum atomic E-state index is 12.7. The van der Waals surface area contributed by atoms with Gasteiger partial charge in [-0.2, -0.15) is 0 Å². The van der Waals surface area contributed by atoms with Gasteiger partial charge >= 0.3 is 0 Å². The summed E-state index contributed by atoms with van der Waals surface area (Å²) in [7, 11) is 0. The Morgan fingerprint density at radius 1 is 0.947 bits per heavy atom. The van der Waals surface area contributed by atoms with Gasteiger partial charge in [0.2, 0.25) is 0 Å². The second-order valence-corrected chi connectivity index (χ2v) is 7.51. The van der Waals surface area contributed by atoms with Crippen molar-refractivity contribution in [3.63, 3.8) is 0 Å². The number of Topliss-reactive ketones (excluding diaryl/α,β-unsaturated/α-hetero) is 1. The molecule has 0 aromatic heterocycles. The van der Waals surface area contributed by atoms with Crippen LogP contribution in [0.15, 0.2) is 24.3 Å². The smallest absolute Gasteiger partial charge is 0.139 e. The zero-order valence-electron chi connectivity index (χ0n) is 11.3. The molecule has 0 saturated heterocycles. The van der Waals surface area contributed by atoms with Gasteiger partial charge in [0, 0.05) is 11.8 Å². The minimum absolute atomic E-state index is 0.328. The number of ketones is 1. The third-order valence-electron chi connectivity index (χ3n) is 6.78. The Labute approximate surface area is 114 Å². The van der Waals surface area contributed by atoms with Crippen LogP contribution in [0.5, 0.6) is 0 Å². The van der Waals surface area contributed by atoms with Crippen molar-refractivity contribution in [1.29, 1.82) is 0 Å². The van der Waals surface area contributed by atoms with Gasteiger partial charge in [-0.15, -0.1) is 0 Å². The van der Waals surface area contributed by atoms with Crippen molar-refractivity contribution in [2.24, 2.45) is 29.1 Å². The normalized spacial score (nSPS) is 40.9. The number of fused-ring (bicyclic) bond motifs is 1. The van der Waals surface area contributed by atoms with E-state index in [1.165, 1.54) is 49.7 Å². The fraction of sp³-hybridized carbons (Fsp3) is 0.611. The summed E-state index contributed by atoms with van der Waals surface area (Å²) >= 11 is 0. The summed E-state index contributed by atoms with van der Waals surface area (Å²) in [6.07, 6.45) is 7.41. The van der Waals surface area contributed by atoms with Crippen LogP contribution < -0.4 is 0 Å². The van der Waals surface area contributed by atoms with Crippen LogP contribution in [0, 0.1) is 29.1 Å². The SMILES string of the molecule is O=C1C2CC3CC(C2)C2(Cc4ccccc4C2)C1C3. The number of carbonyl (C=O) groups is 1. The standard InChI is InChI=1S/C18H20O/c19-17-14-5-11-6-15(8-14)18(16(17)7-11)9-12-3-1-2-4-13(12)10-18/h1-4,11,14-16H,5-10H2. The van der Waals surface area contributed by atoms with E-state index in [0.717, 1.165) is 11.8 Å². The Morgan fingerprint density at radius 2 is 1.68 bits per heavy atom. The van der Waals surface area contributed by atoms with Crippen LogP contribution in [0.4, 0.5) is 0 Å². The van der Waals surface area contributed by atoms with Gasteiger partial charge in [0.05, 0.1) is 0 Å². The first-order valence-electron chi connectivity index (χ1n) is 7.87. The van der Waals surface area contributed by atoms with Gasteiger partial charge in [0.1, 0.15) is 5.78 Å². The quantitative estimate of drug-likeness (QED) is 0.691. The Hall–Kier alpha value is -1.11. The Balaban J connectivity index is 1.62. The summed E-state index contributed by atoms with van der Waals surface area (Å²) < 4.78 is 0. The van der Waals surface area contributed by atoms with E-state index in [9.17, 15) is 4.79 Å². The molecule has 5 aliphatic rings. The fourth-order valence-electron chi connectivity index (χ4n) is 6.08. The van der Waals surface area contributed by atoms with Gasteiger partial charge in [-0.3, -0.25) is 4.79 Å². The van der Waals surface area contributed by atoms with Gasteiger partial charge in [-0.25, -0.2) is 0 Å². The molecule has 0 heterocycles. The van der Waals surface area contributed by atoms with Crippen molar-refractivity contribution in [2.75, 3.05) is 0 Å². The van der Waals surface area contributed by atoms with Crippen LogP contribution in [0.1, 0.15) is 36.8 Å². The van der Waals surface area contributed by atoms with Crippen LogP contribution in [-0.4, -0.2) is 5.78 Å². The highest BCUT2D eigenvalue weighted by Crippen LogP contribution is 2.64. The van der Waals surface area contributed by atoms with Crippen LogP contribution in [0.2, 0.25) is 0 Å². The van der Waals surface area contributed by atoms with E-state index in [1.807, 2.05) is 0 Å². The Kier molecular flexibility index (Phi) is 1.86. The molecule has 0 radical (unpaired) electrons. The van der Waals surface area contributed by atoms with E-state index in [4.69, 9.17) is 0 Å². The predicted octanol–water partition coefficient (Wildman–Crippen LogP) is 3.41. The molecule has 6 rings (SSSR count). The van der Waals surface area contributed by atoms with Crippen molar-refractivity contribution in [3.05, 3.63) is 35.4 Å². The molecule has 1 spiro atoms. The molecular weight excluding hydrogens is 232 g/mol. The lowest BCUT2D eigenvalue weighted by atomic mass is 9.44. The minimum atomic E-state index is 0.328. The van der Waals surface area contributed by atoms with Crippen molar-refractivity contribution in [1.82, 2.24) is 0 Å². The van der Waals surface area contributed by atoms with Crippen LogP contribution in [0.25, 0.3) is 0 Å². The van der Waals surface area contributed by atoms with Crippen molar-refractivity contribution in [3.8, 4) is 0 Å². The van der Waals surface area contributed by atoms with E-state index in [2.05, 4.69) is 24.3 Å². The summed E-state index contributed by atoms with van der Waals surface area (Å²) in [5.41, 5.74) is 3.39. The first-order valence-corrected chi connectivity index (χ1v) is 7.87. The molecule has 19 heavy (non-hydrogen) atoms. The van der Waals surface area contributed by atoms with Gasteiger partial charge in [0.25, 0.3) is 0 Å². The molecule has 0 N–H and O–H groups in total. The number of hydrogen-bond donors (Lipinski definition) is 0. The van der Waals surface area contributed by atoms with Gasteiger partial charge in [-0.05, 0) is 66.9 Å². The zero-order valence-corrected chi connectivity index (χ0v) is 11.3. The van der Waals surface area contributed by atoms with Gasteiger partial charge in [0.15, 0.2) is 0 Å². The molecule has 4 unspecified atom stereocenters. The van der Waals surface area contributed by atoms with Gasteiger partial charge in [-0.1, -0.05) is 24.3 Å². The molecular formula is C18H20O. The monoisotopic (exact) mass is 252 g/mol. The summed E-state index contributed by atoms with van der Waals surface area (Å²) in [5.74, 6) is 3.19. The maximum Gasteiger partial charge on any atom is 0.139 e. The first kappa shape index (κ1) is 10.7. The van der Waals surface area contributed by atoms with Crippen LogP contribution in [0.3, 0.4) is 0 Å². The Bertz CT molecular complexity index is 548. The highest BCUT2D eigenvalue weighted by atomic mass is 16.1. The second-order valence-electron chi connectivity index (χ2n) is 7.51. The first-order chi connectivity index (χ1) is 9.26. The average Bonchev–Trinajstić information content (AvgIpc) is 2.81. The lowest BCUT2D eigenvalue weighted by Gasteiger charge is -2.59. The third-order valence-corrected chi connectivity index (χ3v) is 6.78. The highest BCUT2D eigenvalue weighted by Gasteiger charge is 2.62. The molecule has 98 valence electrons. The number of hydrogen-bond acceptors (Lipinski definition) is 1. The largest absolute Gasteiger partial charge is 0.299 e. The summed E-state index contributed by atoms with van der Waals surface area (Å²) in [4.78, 5) is 12.7. The molecule has 4 atom stereocenters. The summed E-state index contributed by atoms with van der Waals surface area (Å²) in [6, 6.07) is 8.91. The number of rotatable bonds is 0. The summed E-state index contributed by atoms with van der Waals surface area (Å²) in [6.45, 7) is 0. The van der Waals surface area contributed by atoms with Crippen LogP contribution >= 0.6 is 0 Å².